The Bertz CT molecular complexity index is 920. The molecule has 25 heavy (non-hydrogen) atoms. The molecule has 0 radical (unpaired) electrons. The Balaban J connectivity index is 1.66. The van der Waals surface area contributed by atoms with E-state index < -0.39 is 11.8 Å². The van der Waals surface area contributed by atoms with E-state index in [2.05, 4.69) is 10.6 Å². The van der Waals surface area contributed by atoms with Crippen LogP contribution >= 0.6 is 11.3 Å². The second-order valence-corrected chi connectivity index (χ2v) is 6.51. The first-order valence-corrected chi connectivity index (χ1v) is 8.68. The molecule has 1 atom stereocenters. The van der Waals surface area contributed by atoms with Gasteiger partial charge in [0.25, 0.3) is 0 Å². The smallest absolute Gasteiger partial charge is 0.313 e. The van der Waals surface area contributed by atoms with Gasteiger partial charge in [0.2, 0.25) is 0 Å². The molecule has 128 valence electrons. The van der Waals surface area contributed by atoms with Crippen LogP contribution in [-0.2, 0) is 9.59 Å². The monoisotopic (exact) mass is 354 g/mol. The first kappa shape index (κ1) is 17.0. The van der Waals surface area contributed by atoms with Crippen LogP contribution in [0.4, 0.5) is 5.69 Å². The van der Waals surface area contributed by atoms with Gasteiger partial charge in [-0.25, -0.2) is 0 Å². The first-order chi connectivity index (χ1) is 12.1. The van der Waals surface area contributed by atoms with Crippen LogP contribution in [0.1, 0.15) is 18.5 Å². The van der Waals surface area contributed by atoms with E-state index in [0.717, 1.165) is 15.6 Å². The molecule has 0 saturated heterocycles. The van der Waals surface area contributed by atoms with Crippen molar-refractivity contribution in [2.24, 2.45) is 0 Å². The zero-order valence-corrected chi connectivity index (χ0v) is 14.7. The van der Waals surface area contributed by atoms with Gasteiger partial charge in [-0.05, 0) is 48.0 Å². The fourth-order valence-electron chi connectivity index (χ4n) is 2.60. The predicted octanol–water partition coefficient (Wildman–Crippen LogP) is 3.73. The van der Waals surface area contributed by atoms with Crippen molar-refractivity contribution >= 4 is 38.9 Å². The number of para-hydroxylation sites is 1. The average Bonchev–Trinajstić information content (AvgIpc) is 3.09. The van der Waals surface area contributed by atoms with Crippen molar-refractivity contribution in [1.82, 2.24) is 5.32 Å². The Morgan fingerprint density at radius 2 is 1.88 bits per heavy atom. The van der Waals surface area contributed by atoms with E-state index in [4.69, 9.17) is 4.74 Å². The highest BCUT2D eigenvalue weighted by Crippen LogP contribution is 2.25. The molecule has 2 aromatic carbocycles. The van der Waals surface area contributed by atoms with Gasteiger partial charge in [0.05, 0.1) is 13.2 Å². The molecule has 0 aliphatic carbocycles. The second-order valence-electron chi connectivity index (χ2n) is 5.56. The molecule has 3 aromatic rings. The lowest BCUT2D eigenvalue weighted by molar-refractivity contribution is -0.136. The van der Waals surface area contributed by atoms with Crippen LogP contribution in [0.3, 0.4) is 0 Å². The summed E-state index contributed by atoms with van der Waals surface area (Å²) in [5.74, 6) is -0.723. The van der Waals surface area contributed by atoms with E-state index in [1.807, 2.05) is 47.8 Å². The van der Waals surface area contributed by atoms with Crippen LogP contribution in [0.2, 0.25) is 0 Å². The number of benzene rings is 2. The van der Waals surface area contributed by atoms with Crippen molar-refractivity contribution in [3.05, 3.63) is 59.5 Å². The molecule has 0 fully saturated rings. The van der Waals surface area contributed by atoms with Gasteiger partial charge >= 0.3 is 11.8 Å². The molecule has 0 saturated carbocycles. The van der Waals surface area contributed by atoms with E-state index >= 15 is 0 Å². The summed E-state index contributed by atoms with van der Waals surface area (Å²) >= 11 is 1.63. The molecule has 0 spiro atoms. The number of methoxy groups -OCH3 is 1. The number of nitrogens with one attached hydrogen (secondary N) is 2. The summed E-state index contributed by atoms with van der Waals surface area (Å²) < 4.78 is 6.42. The second kappa shape index (κ2) is 7.36. The average molecular weight is 354 g/mol. The molecule has 1 unspecified atom stereocenters. The van der Waals surface area contributed by atoms with Gasteiger partial charge in [-0.2, -0.15) is 0 Å². The highest BCUT2D eigenvalue weighted by Gasteiger charge is 2.19. The Morgan fingerprint density at radius 3 is 2.68 bits per heavy atom. The first-order valence-electron chi connectivity index (χ1n) is 7.80. The highest BCUT2D eigenvalue weighted by atomic mass is 32.1. The summed E-state index contributed by atoms with van der Waals surface area (Å²) in [5.41, 5.74) is 1.40. The van der Waals surface area contributed by atoms with Crippen LogP contribution in [0.25, 0.3) is 10.1 Å². The van der Waals surface area contributed by atoms with E-state index in [1.54, 1.807) is 31.4 Å². The minimum absolute atomic E-state index is 0.353. The topological polar surface area (TPSA) is 67.4 Å². The van der Waals surface area contributed by atoms with Crippen molar-refractivity contribution < 1.29 is 14.3 Å². The maximum absolute atomic E-state index is 12.2. The number of ether oxygens (including phenoxy) is 1. The molecule has 1 heterocycles. The third-order valence-corrected chi connectivity index (χ3v) is 4.77. The minimum atomic E-state index is -0.698. The highest BCUT2D eigenvalue weighted by molar-refractivity contribution is 7.17. The summed E-state index contributed by atoms with van der Waals surface area (Å²) in [6.07, 6.45) is 0. The molecule has 1 aromatic heterocycles. The molecule has 0 aliphatic rings. The molecule has 0 aliphatic heterocycles. The standard InChI is InChI=1S/C19H18N2O3S/c1-12(15-5-3-4-6-16(15)24-2)20-18(22)19(23)21-14-7-8-17-13(11-14)9-10-25-17/h3-12H,1-2H3,(H,20,22)(H,21,23). The maximum Gasteiger partial charge on any atom is 0.313 e. The Morgan fingerprint density at radius 1 is 1.08 bits per heavy atom. The van der Waals surface area contributed by atoms with Crippen LogP contribution in [0, 0.1) is 0 Å². The summed E-state index contributed by atoms with van der Waals surface area (Å²) in [4.78, 5) is 24.3. The number of fused-ring (bicyclic) bond motifs is 1. The molecule has 6 heteroatoms. The third-order valence-electron chi connectivity index (χ3n) is 3.87. The maximum atomic E-state index is 12.2. The number of hydrogen-bond acceptors (Lipinski definition) is 4. The fourth-order valence-corrected chi connectivity index (χ4v) is 3.37. The molecule has 0 bridgehead atoms. The summed E-state index contributed by atoms with van der Waals surface area (Å²) in [6, 6.07) is 14.5. The molecular weight excluding hydrogens is 336 g/mol. The lowest BCUT2D eigenvalue weighted by Gasteiger charge is -2.17. The van der Waals surface area contributed by atoms with Crippen molar-refractivity contribution in [3.63, 3.8) is 0 Å². The number of carbonyl (C=O) groups is 2. The van der Waals surface area contributed by atoms with Gasteiger partial charge in [0.1, 0.15) is 5.75 Å². The zero-order valence-electron chi connectivity index (χ0n) is 13.9. The van der Waals surface area contributed by atoms with Crippen LogP contribution in [0.15, 0.2) is 53.9 Å². The van der Waals surface area contributed by atoms with E-state index in [1.165, 1.54) is 0 Å². The van der Waals surface area contributed by atoms with Crippen molar-refractivity contribution in [2.75, 3.05) is 12.4 Å². The van der Waals surface area contributed by atoms with Gasteiger partial charge < -0.3 is 15.4 Å². The van der Waals surface area contributed by atoms with E-state index in [9.17, 15) is 9.59 Å². The predicted molar refractivity (Wildman–Crippen MR) is 100 cm³/mol. The molecule has 3 rings (SSSR count). The minimum Gasteiger partial charge on any atom is -0.496 e. The number of amides is 2. The Labute approximate surface area is 149 Å². The fraction of sp³-hybridized carbons (Fsp3) is 0.158. The van der Waals surface area contributed by atoms with E-state index in [0.29, 0.717) is 11.4 Å². The van der Waals surface area contributed by atoms with Gasteiger partial charge in [0, 0.05) is 16.0 Å². The van der Waals surface area contributed by atoms with Crippen molar-refractivity contribution in [3.8, 4) is 5.75 Å². The van der Waals surface area contributed by atoms with Crippen LogP contribution in [0.5, 0.6) is 5.75 Å². The van der Waals surface area contributed by atoms with Gasteiger partial charge in [-0.1, -0.05) is 18.2 Å². The molecule has 2 amide bonds. The Kier molecular flexibility index (Phi) is 5.00. The van der Waals surface area contributed by atoms with Gasteiger partial charge in [-0.3, -0.25) is 9.59 Å². The van der Waals surface area contributed by atoms with Crippen LogP contribution in [-0.4, -0.2) is 18.9 Å². The largest absolute Gasteiger partial charge is 0.496 e. The third kappa shape index (κ3) is 3.80. The quantitative estimate of drug-likeness (QED) is 0.702. The Hall–Kier alpha value is -2.86. The summed E-state index contributed by atoms with van der Waals surface area (Å²) in [7, 11) is 1.57. The number of carbonyl (C=O) groups excluding carboxylic acids is 2. The zero-order chi connectivity index (χ0) is 17.8. The van der Waals surface area contributed by atoms with Crippen LogP contribution < -0.4 is 15.4 Å². The molecule has 2 N–H and O–H groups in total. The number of anilines is 1. The summed E-state index contributed by atoms with van der Waals surface area (Å²) in [6.45, 7) is 1.81. The van der Waals surface area contributed by atoms with E-state index in [-0.39, 0.29) is 6.04 Å². The normalized spacial score (nSPS) is 11.8. The molecule has 5 nitrogen and oxygen atoms in total. The number of rotatable bonds is 4. The number of thiophene rings is 1. The number of hydrogen-bond donors (Lipinski definition) is 2. The summed E-state index contributed by atoms with van der Waals surface area (Å²) in [5, 5.41) is 8.34. The van der Waals surface area contributed by atoms with Crippen molar-refractivity contribution in [2.45, 2.75) is 13.0 Å². The van der Waals surface area contributed by atoms with Gasteiger partial charge in [-0.15, -0.1) is 11.3 Å². The lowest BCUT2D eigenvalue weighted by atomic mass is 10.1. The van der Waals surface area contributed by atoms with Gasteiger partial charge in [0.15, 0.2) is 0 Å². The van der Waals surface area contributed by atoms with Crippen molar-refractivity contribution in [1.29, 1.82) is 0 Å². The SMILES string of the molecule is COc1ccccc1C(C)NC(=O)C(=O)Nc1ccc2sccc2c1. The lowest BCUT2D eigenvalue weighted by Crippen LogP contribution is -2.37. The molecular formula is C19H18N2O3S.